The van der Waals surface area contributed by atoms with Gasteiger partial charge in [-0.05, 0) is 17.7 Å². The monoisotopic (exact) mass is 209 g/mol. The first kappa shape index (κ1) is 10.6. The Morgan fingerprint density at radius 3 is 3.00 bits per heavy atom. The van der Waals surface area contributed by atoms with Gasteiger partial charge < -0.3 is 0 Å². The van der Waals surface area contributed by atoms with E-state index in [0.29, 0.717) is 0 Å². The Hall–Kier alpha value is -1.89. The summed E-state index contributed by atoms with van der Waals surface area (Å²) >= 11 is 0. The van der Waals surface area contributed by atoms with E-state index in [4.69, 9.17) is 0 Å². The van der Waals surface area contributed by atoms with E-state index in [9.17, 15) is 0 Å². The summed E-state index contributed by atoms with van der Waals surface area (Å²) in [5.41, 5.74) is 0.987. The van der Waals surface area contributed by atoms with Gasteiger partial charge in [0.2, 0.25) is 0 Å². The van der Waals surface area contributed by atoms with Gasteiger partial charge in [-0.1, -0.05) is 49.9 Å². The Morgan fingerprint density at radius 1 is 1.31 bits per heavy atom. The number of nitrogens with zero attached hydrogens (tertiary/aromatic N) is 1. The van der Waals surface area contributed by atoms with E-state index in [0.717, 1.165) is 27.8 Å². The largest absolute Gasteiger partial charge is 0.256 e. The lowest BCUT2D eigenvalue weighted by Gasteiger charge is -1.96. The predicted octanol–water partition coefficient (Wildman–Crippen LogP) is 2.39. The number of allylic oxidation sites excluding steroid dienone is 2. The van der Waals surface area contributed by atoms with E-state index in [-0.39, 0.29) is 0 Å². The fourth-order valence-electron chi connectivity index (χ4n) is 1.69. The quantitative estimate of drug-likeness (QED) is 0.740. The van der Waals surface area contributed by atoms with Gasteiger partial charge in [-0.3, -0.25) is 4.98 Å². The van der Waals surface area contributed by atoms with Gasteiger partial charge in [0, 0.05) is 16.8 Å². The summed E-state index contributed by atoms with van der Waals surface area (Å²) in [5.74, 6) is 0. The molecule has 0 atom stereocenters. The molecule has 2 rings (SSSR count). The average molecular weight is 209 g/mol. The highest BCUT2D eigenvalue weighted by atomic mass is 14.6. The summed E-state index contributed by atoms with van der Waals surface area (Å²) in [6, 6.07) is 8.18. The van der Waals surface area contributed by atoms with Gasteiger partial charge in [0.25, 0.3) is 0 Å². The zero-order chi connectivity index (χ0) is 11.4. The predicted molar refractivity (Wildman–Crippen MR) is 70.4 cm³/mol. The van der Waals surface area contributed by atoms with E-state index in [1.807, 2.05) is 12.3 Å². The molecular formula is C15H15N. The van der Waals surface area contributed by atoms with Crippen molar-refractivity contribution >= 4 is 23.6 Å². The molecule has 1 heteroatoms. The molecular weight excluding hydrogens is 194 g/mol. The lowest BCUT2D eigenvalue weighted by atomic mass is 10.1. The third kappa shape index (κ3) is 2.03. The van der Waals surface area contributed by atoms with Gasteiger partial charge in [-0.2, -0.15) is 0 Å². The molecule has 0 fully saturated rings. The van der Waals surface area contributed by atoms with Crippen molar-refractivity contribution in [2.75, 3.05) is 0 Å². The zero-order valence-corrected chi connectivity index (χ0v) is 9.48. The molecule has 2 aromatic rings. The minimum absolute atomic E-state index is 0.987. The SMILES string of the molecule is C=c1/c(=C\C=C/CC)ccc2cccnc12. The zero-order valence-electron chi connectivity index (χ0n) is 9.48. The Balaban J connectivity index is 2.66. The maximum atomic E-state index is 4.36. The van der Waals surface area contributed by atoms with Crippen LogP contribution in [0.15, 0.2) is 42.6 Å². The molecule has 0 aliphatic carbocycles. The van der Waals surface area contributed by atoms with Crippen LogP contribution >= 0.6 is 0 Å². The molecule has 0 bridgehead atoms. The topological polar surface area (TPSA) is 12.9 Å². The van der Waals surface area contributed by atoms with Crippen molar-refractivity contribution in [2.45, 2.75) is 13.3 Å². The molecule has 80 valence electrons. The number of hydrogen-bond acceptors (Lipinski definition) is 1. The fraction of sp³-hybridized carbons (Fsp3) is 0.133. The maximum absolute atomic E-state index is 4.36. The molecule has 0 aliphatic rings. The Labute approximate surface area is 95.5 Å². The molecule has 0 spiro atoms. The van der Waals surface area contributed by atoms with Crippen molar-refractivity contribution in [3.63, 3.8) is 0 Å². The number of benzene rings is 1. The average Bonchev–Trinajstić information content (AvgIpc) is 2.33. The van der Waals surface area contributed by atoms with Crippen LogP contribution in [0, 0.1) is 0 Å². The van der Waals surface area contributed by atoms with Crippen molar-refractivity contribution in [3.8, 4) is 0 Å². The molecule has 0 saturated heterocycles. The molecule has 16 heavy (non-hydrogen) atoms. The maximum Gasteiger partial charge on any atom is 0.0774 e. The van der Waals surface area contributed by atoms with E-state index in [2.05, 4.69) is 54.9 Å². The second-order valence-corrected chi connectivity index (χ2v) is 3.71. The third-order valence-corrected chi connectivity index (χ3v) is 2.56. The van der Waals surface area contributed by atoms with Crippen LogP contribution in [0.4, 0.5) is 0 Å². The van der Waals surface area contributed by atoms with Crippen LogP contribution < -0.4 is 10.4 Å². The highest BCUT2D eigenvalue weighted by Gasteiger charge is 1.93. The first-order valence-electron chi connectivity index (χ1n) is 5.52. The summed E-state index contributed by atoms with van der Waals surface area (Å²) < 4.78 is 0. The Morgan fingerprint density at radius 2 is 2.19 bits per heavy atom. The smallest absolute Gasteiger partial charge is 0.0774 e. The number of pyridine rings is 1. The van der Waals surface area contributed by atoms with Gasteiger partial charge >= 0.3 is 0 Å². The first-order chi connectivity index (χ1) is 7.83. The van der Waals surface area contributed by atoms with Crippen LogP contribution in [0.1, 0.15) is 13.3 Å². The van der Waals surface area contributed by atoms with Gasteiger partial charge in [0.15, 0.2) is 0 Å². The van der Waals surface area contributed by atoms with Gasteiger partial charge in [0.05, 0.1) is 5.52 Å². The molecule has 0 unspecified atom stereocenters. The summed E-state index contributed by atoms with van der Waals surface area (Å²) in [6.45, 7) is 6.22. The third-order valence-electron chi connectivity index (χ3n) is 2.56. The van der Waals surface area contributed by atoms with Crippen molar-refractivity contribution < 1.29 is 0 Å². The molecule has 0 N–H and O–H groups in total. The van der Waals surface area contributed by atoms with Crippen LogP contribution in [0.5, 0.6) is 0 Å². The summed E-state index contributed by atoms with van der Waals surface area (Å²) in [5, 5.41) is 3.28. The van der Waals surface area contributed by atoms with Gasteiger partial charge in [0.1, 0.15) is 0 Å². The van der Waals surface area contributed by atoms with E-state index < -0.39 is 0 Å². The summed E-state index contributed by atoms with van der Waals surface area (Å²) in [4.78, 5) is 4.36. The summed E-state index contributed by atoms with van der Waals surface area (Å²) in [6.07, 6.45) is 9.14. The fourth-order valence-corrected chi connectivity index (χ4v) is 1.69. The second kappa shape index (κ2) is 4.75. The highest BCUT2D eigenvalue weighted by molar-refractivity contribution is 5.79. The molecule has 1 nitrogen and oxygen atoms in total. The lowest BCUT2D eigenvalue weighted by Crippen LogP contribution is -2.23. The number of hydrogen-bond donors (Lipinski definition) is 0. The second-order valence-electron chi connectivity index (χ2n) is 3.71. The van der Waals surface area contributed by atoms with Crippen molar-refractivity contribution in [1.82, 2.24) is 4.98 Å². The van der Waals surface area contributed by atoms with Crippen molar-refractivity contribution in [1.29, 1.82) is 0 Å². The normalized spacial score (nSPS) is 12.7. The Kier molecular flexibility index (Phi) is 3.16. The lowest BCUT2D eigenvalue weighted by molar-refractivity contribution is 1.23. The molecule has 0 radical (unpaired) electrons. The van der Waals surface area contributed by atoms with Crippen LogP contribution in [0.3, 0.4) is 0 Å². The van der Waals surface area contributed by atoms with Crippen LogP contribution in [-0.2, 0) is 0 Å². The molecule has 1 heterocycles. The highest BCUT2D eigenvalue weighted by Crippen LogP contribution is 2.02. The molecule has 0 saturated carbocycles. The van der Waals surface area contributed by atoms with E-state index >= 15 is 0 Å². The minimum Gasteiger partial charge on any atom is -0.256 e. The van der Waals surface area contributed by atoms with Crippen molar-refractivity contribution in [2.24, 2.45) is 0 Å². The van der Waals surface area contributed by atoms with Crippen LogP contribution in [0.25, 0.3) is 23.6 Å². The number of fused-ring (bicyclic) bond motifs is 1. The standard InChI is InChI=1S/C15H15N/c1-3-4-5-7-13-9-10-14-8-6-11-16-15(14)12(13)2/h4-11H,2-3H2,1H3/b5-4-,13-7-. The van der Waals surface area contributed by atoms with Crippen LogP contribution in [-0.4, -0.2) is 4.98 Å². The molecule has 0 amide bonds. The minimum atomic E-state index is 0.987. The van der Waals surface area contributed by atoms with Gasteiger partial charge in [-0.15, -0.1) is 0 Å². The summed E-state index contributed by atoms with van der Waals surface area (Å²) in [7, 11) is 0. The number of aromatic nitrogens is 1. The van der Waals surface area contributed by atoms with Gasteiger partial charge in [-0.25, -0.2) is 0 Å². The van der Waals surface area contributed by atoms with Crippen LogP contribution in [0.2, 0.25) is 0 Å². The number of rotatable bonds is 2. The molecule has 1 aromatic heterocycles. The molecule has 0 aliphatic heterocycles. The van der Waals surface area contributed by atoms with E-state index in [1.54, 1.807) is 0 Å². The molecule has 1 aromatic carbocycles. The van der Waals surface area contributed by atoms with E-state index in [1.165, 1.54) is 0 Å². The van der Waals surface area contributed by atoms with Crippen molar-refractivity contribution in [3.05, 3.63) is 53.1 Å². The Bertz CT molecular complexity index is 623. The first-order valence-corrected chi connectivity index (χ1v) is 5.52.